The van der Waals surface area contributed by atoms with E-state index in [1.54, 1.807) is 27.8 Å². The highest BCUT2D eigenvalue weighted by Gasteiger charge is 2.43. The van der Waals surface area contributed by atoms with Gasteiger partial charge in [-0.2, -0.15) is 0 Å². The highest BCUT2D eigenvalue weighted by atomic mass is 28.2. The van der Waals surface area contributed by atoms with E-state index in [1.807, 2.05) is 6.92 Å². The number of rotatable bonds is 14. The van der Waals surface area contributed by atoms with Gasteiger partial charge in [0.15, 0.2) is 0 Å². The van der Waals surface area contributed by atoms with Crippen LogP contribution in [0.15, 0.2) is 0 Å². The number of alkyl halides is 2. The van der Waals surface area contributed by atoms with Crippen LogP contribution in [0.5, 0.6) is 0 Å². The summed E-state index contributed by atoms with van der Waals surface area (Å²) in [6.45, 7) is 7.55. The molecule has 11 nitrogen and oxygen atoms in total. The van der Waals surface area contributed by atoms with Crippen LogP contribution in [0.2, 0.25) is 5.54 Å². The predicted octanol–water partition coefficient (Wildman–Crippen LogP) is 1.72. The molecule has 1 aliphatic heterocycles. The van der Waals surface area contributed by atoms with Gasteiger partial charge in [-0.15, -0.1) is 0 Å². The number of ketones is 1. The van der Waals surface area contributed by atoms with E-state index in [1.165, 1.54) is 4.57 Å². The maximum atomic E-state index is 14.0. The molecule has 1 saturated heterocycles. The highest BCUT2D eigenvalue weighted by Crippen LogP contribution is 2.38. The number of halogens is 2. The van der Waals surface area contributed by atoms with Crippen molar-refractivity contribution < 1.29 is 37.5 Å². The Morgan fingerprint density at radius 3 is 2.24 bits per heavy atom. The first-order chi connectivity index (χ1) is 21.0. The summed E-state index contributed by atoms with van der Waals surface area (Å²) >= 11 is 0. The molecule has 0 bridgehead atoms. The summed E-state index contributed by atoms with van der Waals surface area (Å²) in [6, 6.07) is -2.25. The number of likely N-dealkylation sites (N-methyl/N-ethyl adjacent to an activating group) is 1. The van der Waals surface area contributed by atoms with E-state index in [2.05, 4.69) is 21.3 Å². The van der Waals surface area contributed by atoms with Gasteiger partial charge in [-0.05, 0) is 64.3 Å². The molecule has 1 heterocycles. The number of carbonyl (C=O) groups is 6. The van der Waals surface area contributed by atoms with Crippen molar-refractivity contribution in [2.45, 2.75) is 128 Å². The molecule has 45 heavy (non-hydrogen) atoms. The van der Waals surface area contributed by atoms with Crippen molar-refractivity contribution in [2.75, 3.05) is 13.6 Å². The van der Waals surface area contributed by atoms with Crippen LogP contribution in [0.25, 0.3) is 0 Å². The molecule has 3 rings (SSSR count). The molecule has 4 atom stereocenters. The van der Waals surface area contributed by atoms with E-state index in [0.29, 0.717) is 25.8 Å². The third kappa shape index (κ3) is 10.8. The standard InChI is InChI=1S/C31H51F2N5O6Si/c1-6-8-22(26(41)36-21(17-19-9-7-16-34-25(19)40)24(39)27(42)35-20-10-11-20)45-38(5)28(43)23(37-29(44)30(2,3)4)18-12-14-31(32,33)15-13-18/h18-23H,6-17,45H2,1-5H3,(H,34,40)(H,35,42)(H,36,41)(H,37,44)/t19-,21-,22-,23+/m0/s1. The van der Waals surface area contributed by atoms with Crippen LogP contribution < -0.4 is 21.3 Å². The molecular weight excluding hydrogens is 604 g/mol. The monoisotopic (exact) mass is 655 g/mol. The third-order valence-electron chi connectivity index (χ3n) is 9.03. The minimum absolute atomic E-state index is 0.00309. The summed E-state index contributed by atoms with van der Waals surface area (Å²) in [4.78, 5) is 78.8. The number of amides is 5. The summed E-state index contributed by atoms with van der Waals surface area (Å²) in [5.74, 6) is -6.85. The van der Waals surface area contributed by atoms with Crippen molar-refractivity contribution in [3.8, 4) is 0 Å². The van der Waals surface area contributed by atoms with E-state index in [4.69, 9.17) is 0 Å². The minimum Gasteiger partial charge on any atom is -0.375 e. The molecule has 4 N–H and O–H groups in total. The fourth-order valence-corrected chi connectivity index (χ4v) is 7.87. The fourth-order valence-electron chi connectivity index (χ4n) is 5.95. The zero-order valence-electron chi connectivity index (χ0n) is 27.3. The topological polar surface area (TPSA) is 154 Å². The van der Waals surface area contributed by atoms with Crippen molar-refractivity contribution in [1.29, 1.82) is 0 Å². The molecule has 0 aromatic rings. The quantitative estimate of drug-likeness (QED) is 0.165. The molecule has 2 saturated carbocycles. The van der Waals surface area contributed by atoms with Crippen molar-refractivity contribution in [3.05, 3.63) is 0 Å². The average Bonchev–Trinajstić information content (AvgIpc) is 3.79. The number of hydrogen-bond donors (Lipinski definition) is 4. The molecule has 3 aliphatic rings. The highest BCUT2D eigenvalue weighted by molar-refractivity contribution is 6.45. The first-order valence-electron chi connectivity index (χ1n) is 16.4. The first-order valence-corrected chi connectivity index (χ1v) is 17.8. The van der Waals surface area contributed by atoms with Gasteiger partial charge < -0.3 is 25.8 Å². The number of hydrogen-bond acceptors (Lipinski definition) is 6. The van der Waals surface area contributed by atoms with Crippen molar-refractivity contribution in [1.82, 2.24) is 25.8 Å². The number of nitrogens with zero attached hydrogens (tertiary/aromatic N) is 1. The lowest BCUT2D eigenvalue weighted by Gasteiger charge is -2.37. The lowest BCUT2D eigenvalue weighted by atomic mass is 9.81. The number of Topliss-reactive ketones (excluding diaryl/α,β-unsaturated/α-hetero) is 1. The summed E-state index contributed by atoms with van der Waals surface area (Å²) in [6.07, 6.45) is 3.31. The Balaban J connectivity index is 1.75. The molecule has 5 amide bonds. The van der Waals surface area contributed by atoms with Gasteiger partial charge in [-0.3, -0.25) is 28.8 Å². The number of nitrogens with one attached hydrogen (secondary N) is 4. The second kappa shape index (κ2) is 15.6. The van der Waals surface area contributed by atoms with Gasteiger partial charge in [-0.1, -0.05) is 34.1 Å². The molecule has 14 heteroatoms. The average molecular weight is 656 g/mol. The van der Waals surface area contributed by atoms with Gasteiger partial charge in [0.05, 0.1) is 6.04 Å². The van der Waals surface area contributed by atoms with Crippen LogP contribution in [0.1, 0.15) is 98.3 Å². The van der Waals surface area contributed by atoms with E-state index in [-0.39, 0.29) is 50.0 Å². The summed E-state index contributed by atoms with van der Waals surface area (Å²) in [5, 5.41) is 11.0. The predicted molar refractivity (Wildman–Crippen MR) is 167 cm³/mol. The molecule has 0 unspecified atom stereocenters. The van der Waals surface area contributed by atoms with Crippen LogP contribution in [-0.2, 0) is 28.8 Å². The summed E-state index contributed by atoms with van der Waals surface area (Å²) in [7, 11) is -0.114. The van der Waals surface area contributed by atoms with Gasteiger partial charge in [0.1, 0.15) is 15.7 Å². The molecular formula is C31H51F2N5O6Si. The van der Waals surface area contributed by atoms with Crippen LogP contribution in [-0.4, -0.2) is 87.2 Å². The van der Waals surface area contributed by atoms with Gasteiger partial charge in [0.2, 0.25) is 35.3 Å². The van der Waals surface area contributed by atoms with Crippen LogP contribution >= 0.6 is 0 Å². The second-order valence-electron chi connectivity index (χ2n) is 14.1. The Bertz CT molecular complexity index is 1120. The van der Waals surface area contributed by atoms with Crippen LogP contribution in [0, 0.1) is 17.3 Å². The molecule has 0 aromatic heterocycles. The molecule has 0 radical (unpaired) electrons. The van der Waals surface area contributed by atoms with Crippen molar-refractivity contribution >= 4 is 45.0 Å². The number of piperidine rings is 1. The smallest absolute Gasteiger partial charge is 0.289 e. The molecule has 254 valence electrons. The van der Waals surface area contributed by atoms with E-state index in [0.717, 1.165) is 19.3 Å². The van der Waals surface area contributed by atoms with Gasteiger partial charge in [-0.25, -0.2) is 8.78 Å². The lowest BCUT2D eigenvalue weighted by molar-refractivity contribution is -0.141. The maximum Gasteiger partial charge on any atom is 0.289 e. The van der Waals surface area contributed by atoms with Gasteiger partial charge >= 0.3 is 0 Å². The Labute approximate surface area is 267 Å². The largest absolute Gasteiger partial charge is 0.375 e. The van der Waals surface area contributed by atoms with E-state index >= 15 is 0 Å². The van der Waals surface area contributed by atoms with Gasteiger partial charge in [0, 0.05) is 42.3 Å². The van der Waals surface area contributed by atoms with Gasteiger partial charge in [0.25, 0.3) is 5.91 Å². The first kappa shape index (κ1) is 36.6. The van der Waals surface area contributed by atoms with E-state index < -0.39 is 74.0 Å². The minimum atomic E-state index is -2.80. The molecule has 0 spiro atoms. The normalized spacial score (nSPS) is 22.6. The SMILES string of the molecule is CCC[C@H]([SiH2]N(C)C(=O)[C@H](NC(=O)C(C)(C)C)C1CCC(F)(F)CC1)C(=O)N[C@@H](C[C@@H]1CCCNC1=O)C(=O)C(=O)NC1CC1. The lowest BCUT2D eigenvalue weighted by Crippen LogP contribution is -2.56. The zero-order valence-corrected chi connectivity index (χ0v) is 28.7. The maximum absolute atomic E-state index is 14.0. The second-order valence-corrected chi connectivity index (χ2v) is 16.4. The zero-order chi connectivity index (χ0) is 33.5. The Morgan fingerprint density at radius 2 is 1.69 bits per heavy atom. The van der Waals surface area contributed by atoms with Crippen LogP contribution in [0.4, 0.5) is 8.78 Å². The summed E-state index contributed by atoms with van der Waals surface area (Å²) < 4.78 is 29.4. The van der Waals surface area contributed by atoms with E-state index in [9.17, 15) is 37.5 Å². The van der Waals surface area contributed by atoms with Crippen molar-refractivity contribution in [3.63, 3.8) is 0 Å². The number of carbonyl (C=O) groups excluding carboxylic acids is 6. The summed E-state index contributed by atoms with van der Waals surface area (Å²) in [5.41, 5.74) is -1.43. The Hall–Kier alpha value is -2.90. The van der Waals surface area contributed by atoms with Crippen LogP contribution in [0.3, 0.4) is 0 Å². The molecule has 3 fully saturated rings. The Kier molecular flexibility index (Phi) is 12.7. The molecule has 0 aromatic carbocycles. The Morgan fingerprint density at radius 1 is 1.04 bits per heavy atom. The van der Waals surface area contributed by atoms with Crippen molar-refractivity contribution in [2.24, 2.45) is 17.3 Å². The fraction of sp³-hybridized carbons (Fsp3) is 0.806. The molecule has 2 aliphatic carbocycles. The third-order valence-corrected chi connectivity index (χ3v) is 11.1.